The fourth-order valence-corrected chi connectivity index (χ4v) is 4.49. The summed E-state index contributed by atoms with van der Waals surface area (Å²) in [5, 5.41) is 9.01. The monoisotopic (exact) mass is 540 g/mol. The molecule has 212 valence electrons. The van der Waals surface area contributed by atoms with Gasteiger partial charge in [-0.15, -0.1) is 0 Å². The van der Waals surface area contributed by atoms with Gasteiger partial charge < -0.3 is 14.4 Å². The number of aromatic nitrogens is 1. The molecular weight excluding hydrogens is 491 g/mol. The van der Waals surface area contributed by atoms with Crippen LogP contribution in [-0.2, 0) is 18.3 Å². The number of phosphoric ester groups is 1. The molecule has 0 amide bonds. The Morgan fingerprint density at radius 3 is 1.95 bits per heavy atom. The van der Waals surface area contributed by atoms with E-state index in [1.165, 1.54) is 89.9 Å². The summed E-state index contributed by atoms with van der Waals surface area (Å²) in [6.45, 7) is 2.80. The van der Waals surface area contributed by atoms with E-state index >= 15 is 0 Å². The van der Waals surface area contributed by atoms with Gasteiger partial charge in [0.1, 0.15) is 17.9 Å². The summed E-state index contributed by atoms with van der Waals surface area (Å²) in [6.07, 6.45) is 20.4. The number of pyridine rings is 1. The van der Waals surface area contributed by atoms with E-state index in [1.54, 1.807) is 18.2 Å². The van der Waals surface area contributed by atoms with E-state index in [0.29, 0.717) is 6.61 Å². The molecule has 1 N–H and O–H groups in total. The molecule has 0 fully saturated rings. The maximum atomic E-state index is 11.6. The van der Waals surface area contributed by atoms with Crippen molar-refractivity contribution < 1.29 is 28.0 Å². The zero-order valence-electron chi connectivity index (χ0n) is 23.1. The number of nitrogens with zero attached hydrogens (tertiary/aromatic N) is 2. The van der Waals surface area contributed by atoms with Crippen LogP contribution in [0.1, 0.15) is 115 Å². The van der Waals surface area contributed by atoms with Crippen LogP contribution in [-0.4, -0.2) is 42.9 Å². The van der Waals surface area contributed by atoms with Gasteiger partial charge in [0.2, 0.25) is 5.88 Å². The lowest BCUT2D eigenvalue weighted by molar-refractivity contribution is 0.0144. The SMILES string of the molecule is CCCCCCCCCCCCCCCCCCOC[C@H](COP(=O)(O)OC)Oc1cccc(C#N)n1. The van der Waals surface area contributed by atoms with Crippen LogP contribution in [0.5, 0.6) is 5.88 Å². The van der Waals surface area contributed by atoms with Crippen LogP contribution in [0.3, 0.4) is 0 Å². The Labute approximate surface area is 224 Å². The molecule has 0 saturated carbocycles. The first-order valence-electron chi connectivity index (χ1n) is 14.2. The molecule has 1 rings (SSSR count). The van der Waals surface area contributed by atoms with Crippen LogP contribution < -0.4 is 4.74 Å². The molecule has 0 bridgehead atoms. The van der Waals surface area contributed by atoms with Crippen molar-refractivity contribution in [2.24, 2.45) is 0 Å². The predicted molar refractivity (Wildman–Crippen MR) is 147 cm³/mol. The Kier molecular flexibility index (Phi) is 20.4. The van der Waals surface area contributed by atoms with Gasteiger partial charge in [0.15, 0.2) is 0 Å². The summed E-state index contributed by atoms with van der Waals surface area (Å²) in [5.74, 6) is 0.226. The largest absolute Gasteiger partial charge is 0.472 e. The van der Waals surface area contributed by atoms with Crippen LogP contribution >= 0.6 is 7.82 Å². The number of ether oxygens (including phenoxy) is 2. The normalized spacial score (nSPS) is 13.7. The summed E-state index contributed by atoms with van der Waals surface area (Å²) in [4.78, 5) is 13.6. The average Bonchev–Trinajstić information content (AvgIpc) is 2.91. The smallest absolute Gasteiger partial charge is 0.469 e. The highest BCUT2D eigenvalue weighted by atomic mass is 31.2. The van der Waals surface area contributed by atoms with Crippen molar-refractivity contribution in [3.63, 3.8) is 0 Å². The summed E-state index contributed by atoms with van der Waals surface area (Å²) in [6, 6.07) is 6.79. The lowest BCUT2D eigenvalue weighted by atomic mass is 10.0. The van der Waals surface area contributed by atoms with Gasteiger partial charge in [-0.05, 0) is 12.5 Å². The van der Waals surface area contributed by atoms with Crippen molar-refractivity contribution in [2.75, 3.05) is 26.9 Å². The Balaban J connectivity index is 2.09. The molecule has 0 spiro atoms. The first-order chi connectivity index (χ1) is 18.0. The van der Waals surface area contributed by atoms with Gasteiger partial charge in [0.25, 0.3) is 0 Å². The lowest BCUT2D eigenvalue weighted by Gasteiger charge is -2.19. The number of hydrogen-bond acceptors (Lipinski definition) is 7. The topological polar surface area (TPSA) is 111 Å². The van der Waals surface area contributed by atoms with Gasteiger partial charge in [0.05, 0.1) is 13.2 Å². The fraction of sp³-hybridized carbons (Fsp3) is 0.786. The van der Waals surface area contributed by atoms with Gasteiger partial charge >= 0.3 is 7.82 Å². The summed E-state index contributed by atoms with van der Waals surface area (Å²) in [5.41, 5.74) is 0.218. The number of unbranched alkanes of at least 4 members (excludes halogenated alkanes) is 15. The summed E-state index contributed by atoms with van der Waals surface area (Å²) in [7, 11) is -3.03. The standard InChI is InChI=1S/C28H49N2O6P/c1-3-4-5-6-7-8-9-10-11-12-13-14-15-16-17-18-22-34-24-27(25-35-37(31,32)33-2)36-28-21-19-20-26(23-29)30-28/h19-21,27H,3-18,22,24-25H2,1-2H3,(H,31,32)/t27-/m1/s1. The van der Waals surface area contributed by atoms with Crippen molar-refractivity contribution in [3.8, 4) is 11.9 Å². The van der Waals surface area contributed by atoms with Crippen molar-refractivity contribution in [1.29, 1.82) is 5.26 Å². The van der Waals surface area contributed by atoms with Gasteiger partial charge in [-0.3, -0.25) is 9.05 Å². The van der Waals surface area contributed by atoms with E-state index in [-0.39, 0.29) is 24.8 Å². The molecule has 0 aromatic carbocycles. The van der Waals surface area contributed by atoms with Crippen molar-refractivity contribution in [2.45, 2.75) is 116 Å². The van der Waals surface area contributed by atoms with E-state index in [2.05, 4.69) is 16.4 Å². The molecular formula is C28H49N2O6P. The van der Waals surface area contributed by atoms with E-state index in [4.69, 9.17) is 19.3 Å². The minimum Gasteiger partial charge on any atom is -0.469 e. The second-order valence-electron chi connectivity index (χ2n) is 9.54. The highest BCUT2D eigenvalue weighted by Crippen LogP contribution is 2.42. The van der Waals surface area contributed by atoms with E-state index < -0.39 is 13.9 Å². The van der Waals surface area contributed by atoms with Gasteiger partial charge in [0, 0.05) is 19.8 Å². The van der Waals surface area contributed by atoms with Crippen LogP contribution in [0.25, 0.3) is 0 Å². The number of phosphoric acid groups is 1. The highest BCUT2D eigenvalue weighted by Gasteiger charge is 2.23. The predicted octanol–water partition coefficient (Wildman–Crippen LogP) is 7.74. The molecule has 0 aliphatic rings. The van der Waals surface area contributed by atoms with E-state index in [9.17, 15) is 9.46 Å². The van der Waals surface area contributed by atoms with Gasteiger partial charge in [-0.25, -0.2) is 9.55 Å². The van der Waals surface area contributed by atoms with Gasteiger partial charge in [-0.1, -0.05) is 109 Å². The Hall–Kier alpha value is -1.49. The first kappa shape index (κ1) is 33.5. The maximum Gasteiger partial charge on any atom is 0.472 e. The zero-order valence-corrected chi connectivity index (χ0v) is 24.0. The Morgan fingerprint density at radius 1 is 0.892 bits per heavy atom. The molecule has 0 radical (unpaired) electrons. The Morgan fingerprint density at radius 2 is 1.43 bits per heavy atom. The molecule has 2 atom stereocenters. The van der Waals surface area contributed by atoms with E-state index in [1.807, 2.05) is 6.07 Å². The van der Waals surface area contributed by atoms with Crippen LogP contribution in [0.15, 0.2) is 18.2 Å². The third-order valence-electron chi connectivity index (χ3n) is 6.23. The van der Waals surface area contributed by atoms with Crippen LogP contribution in [0.2, 0.25) is 0 Å². The van der Waals surface area contributed by atoms with E-state index in [0.717, 1.165) is 20.0 Å². The molecule has 1 heterocycles. The second kappa shape index (κ2) is 22.5. The van der Waals surface area contributed by atoms with Gasteiger partial charge in [-0.2, -0.15) is 5.26 Å². The third-order valence-corrected chi connectivity index (χ3v) is 7.16. The maximum absolute atomic E-state index is 11.6. The zero-order chi connectivity index (χ0) is 27.0. The molecule has 1 unspecified atom stereocenters. The minimum atomic E-state index is -4.13. The molecule has 0 saturated heterocycles. The highest BCUT2D eigenvalue weighted by molar-refractivity contribution is 7.47. The molecule has 8 nitrogen and oxygen atoms in total. The van der Waals surface area contributed by atoms with Crippen LogP contribution in [0, 0.1) is 11.3 Å². The first-order valence-corrected chi connectivity index (χ1v) is 15.6. The minimum absolute atomic E-state index is 0.168. The molecule has 0 aliphatic heterocycles. The van der Waals surface area contributed by atoms with Crippen molar-refractivity contribution in [1.82, 2.24) is 4.98 Å². The number of hydrogen-bond donors (Lipinski definition) is 1. The second-order valence-corrected chi connectivity index (χ2v) is 11.1. The summed E-state index contributed by atoms with van der Waals surface area (Å²) < 4.78 is 32.5. The van der Waals surface area contributed by atoms with Crippen molar-refractivity contribution >= 4 is 7.82 Å². The molecule has 0 aliphatic carbocycles. The van der Waals surface area contributed by atoms with Crippen LogP contribution in [0.4, 0.5) is 0 Å². The number of rotatable bonds is 25. The summed E-state index contributed by atoms with van der Waals surface area (Å²) >= 11 is 0. The average molecular weight is 541 g/mol. The Bertz CT molecular complexity index is 773. The quantitative estimate of drug-likeness (QED) is 0.0990. The van der Waals surface area contributed by atoms with Crippen molar-refractivity contribution in [3.05, 3.63) is 23.9 Å². The molecule has 1 aromatic rings. The molecule has 9 heteroatoms. The fourth-order valence-electron chi connectivity index (χ4n) is 4.03. The number of nitriles is 1. The lowest BCUT2D eigenvalue weighted by Crippen LogP contribution is -2.29. The molecule has 1 aromatic heterocycles. The molecule has 37 heavy (non-hydrogen) atoms. The third kappa shape index (κ3) is 19.3.